The molecule has 0 aliphatic heterocycles. The first kappa shape index (κ1) is 32.3. The normalized spacial score (nSPS) is 11.3. The standard InChI is InChI=1S/C52H36N2O/c1-5-18-37(19-6-1)39-24-17-29-44(32-39)53(42-25-9-3-10-26-42)50-36-52-47(46-33-40-22-13-14-23-41(40)34-51(46)55-52)35-49(50)54(43-27-11-4-12-28-43)48-31-16-15-30-45(48)38-20-7-2-8-21-38/h1-36H. The molecule has 55 heavy (non-hydrogen) atoms. The minimum absolute atomic E-state index is 0.827. The Kier molecular flexibility index (Phi) is 8.16. The lowest BCUT2D eigenvalue weighted by Gasteiger charge is -2.34. The number of rotatable bonds is 8. The molecule has 0 bridgehead atoms. The summed E-state index contributed by atoms with van der Waals surface area (Å²) in [4.78, 5) is 4.78. The minimum atomic E-state index is 0.827. The molecule has 0 amide bonds. The Morgan fingerprint density at radius 3 is 1.49 bits per heavy atom. The molecule has 3 nitrogen and oxygen atoms in total. The Hall–Kier alpha value is -7.36. The molecular formula is C52H36N2O. The van der Waals surface area contributed by atoms with Crippen LogP contribution in [-0.4, -0.2) is 0 Å². The van der Waals surface area contributed by atoms with Crippen LogP contribution in [0, 0.1) is 0 Å². The van der Waals surface area contributed by atoms with Gasteiger partial charge in [-0.25, -0.2) is 0 Å². The molecule has 1 heterocycles. The Morgan fingerprint density at radius 1 is 0.291 bits per heavy atom. The average molecular weight is 705 g/mol. The van der Waals surface area contributed by atoms with Crippen molar-refractivity contribution in [3.8, 4) is 22.3 Å². The van der Waals surface area contributed by atoms with Crippen LogP contribution in [0.1, 0.15) is 0 Å². The van der Waals surface area contributed by atoms with E-state index < -0.39 is 0 Å². The SMILES string of the molecule is c1ccc(-c2cccc(N(c3ccccc3)c3cc4oc5cc6ccccc6cc5c4cc3N(c3ccccc3)c3ccccc3-c3ccccc3)c2)cc1. The van der Waals surface area contributed by atoms with Gasteiger partial charge in [0.05, 0.1) is 17.1 Å². The molecule has 10 rings (SSSR count). The third-order valence-corrected chi connectivity index (χ3v) is 10.4. The molecule has 0 saturated heterocycles. The zero-order valence-corrected chi connectivity index (χ0v) is 30.1. The van der Waals surface area contributed by atoms with E-state index in [2.05, 4.69) is 228 Å². The van der Waals surface area contributed by atoms with Crippen molar-refractivity contribution >= 4 is 66.8 Å². The lowest BCUT2D eigenvalue weighted by Crippen LogP contribution is -2.17. The fourth-order valence-electron chi connectivity index (χ4n) is 7.82. The van der Waals surface area contributed by atoms with Crippen LogP contribution in [0.3, 0.4) is 0 Å². The van der Waals surface area contributed by atoms with Gasteiger partial charge in [0, 0.05) is 39.5 Å². The molecular weight excluding hydrogens is 669 g/mol. The highest BCUT2D eigenvalue weighted by Crippen LogP contribution is 2.50. The second-order valence-corrected chi connectivity index (χ2v) is 13.8. The Labute approximate surface area is 320 Å². The first-order valence-electron chi connectivity index (χ1n) is 18.7. The molecule has 0 saturated carbocycles. The van der Waals surface area contributed by atoms with Crippen molar-refractivity contribution in [3.63, 3.8) is 0 Å². The average Bonchev–Trinajstić information content (AvgIpc) is 3.60. The van der Waals surface area contributed by atoms with Gasteiger partial charge in [-0.05, 0) is 88.1 Å². The summed E-state index contributed by atoms with van der Waals surface area (Å²) < 4.78 is 6.81. The van der Waals surface area contributed by atoms with Crippen LogP contribution in [0.15, 0.2) is 223 Å². The molecule has 0 aliphatic carbocycles. The third-order valence-electron chi connectivity index (χ3n) is 10.4. The molecule has 3 heteroatoms. The fourth-order valence-corrected chi connectivity index (χ4v) is 7.82. The summed E-state index contributed by atoms with van der Waals surface area (Å²) in [6.07, 6.45) is 0. The summed E-state index contributed by atoms with van der Waals surface area (Å²) in [5.41, 5.74) is 12.5. The molecule has 0 fully saturated rings. The van der Waals surface area contributed by atoms with Crippen molar-refractivity contribution in [2.75, 3.05) is 9.80 Å². The molecule has 0 spiro atoms. The predicted molar refractivity (Wildman–Crippen MR) is 231 cm³/mol. The van der Waals surface area contributed by atoms with Gasteiger partial charge in [0.2, 0.25) is 0 Å². The lowest BCUT2D eigenvalue weighted by atomic mass is 10.00. The topological polar surface area (TPSA) is 19.6 Å². The highest BCUT2D eigenvalue weighted by atomic mass is 16.3. The first-order valence-corrected chi connectivity index (χ1v) is 18.7. The van der Waals surface area contributed by atoms with Crippen molar-refractivity contribution in [1.82, 2.24) is 0 Å². The molecule has 0 N–H and O–H groups in total. The largest absolute Gasteiger partial charge is 0.456 e. The van der Waals surface area contributed by atoms with E-state index >= 15 is 0 Å². The highest BCUT2D eigenvalue weighted by molar-refractivity contribution is 6.13. The molecule has 10 aromatic rings. The number of para-hydroxylation sites is 3. The monoisotopic (exact) mass is 704 g/mol. The Balaban J connectivity index is 1.31. The maximum atomic E-state index is 6.81. The molecule has 0 aliphatic rings. The number of anilines is 6. The lowest BCUT2D eigenvalue weighted by molar-refractivity contribution is 0.669. The quantitative estimate of drug-likeness (QED) is 0.157. The van der Waals surface area contributed by atoms with E-state index in [-0.39, 0.29) is 0 Å². The van der Waals surface area contributed by atoms with Crippen LogP contribution in [0.2, 0.25) is 0 Å². The summed E-state index contributed by atoms with van der Waals surface area (Å²) in [6, 6.07) is 77.6. The smallest absolute Gasteiger partial charge is 0.137 e. The van der Waals surface area contributed by atoms with Gasteiger partial charge in [-0.1, -0.05) is 152 Å². The number of fused-ring (bicyclic) bond motifs is 4. The van der Waals surface area contributed by atoms with E-state index in [0.29, 0.717) is 0 Å². The van der Waals surface area contributed by atoms with Crippen molar-refractivity contribution in [3.05, 3.63) is 218 Å². The first-order chi connectivity index (χ1) is 27.3. The number of benzene rings is 9. The zero-order chi connectivity index (χ0) is 36.6. The van der Waals surface area contributed by atoms with Crippen LogP contribution >= 0.6 is 0 Å². The summed E-state index contributed by atoms with van der Waals surface area (Å²) in [6.45, 7) is 0. The second-order valence-electron chi connectivity index (χ2n) is 13.8. The van der Waals surface area contributed by atoms with Crippen molar-refractivity contribution < 1.29 is 4.42 Å². The van der Waals surface area contributed by atoms with E-state index in [1.54, 1.807) is 0 Å². The van der Waals surface area contributed by atoms with Crippen molar-refractivity contribution in [2.24, 2.45) is 0 Å². The minimum Gasteiger partial charge on any atom is -0.456 e. The Morgan fingerprint density at radius 2 is 0.782 bits per heavy atom. The third kappa shape index (κ3) is 5.98. The van der Waals surface area contributed by atoms with Gasteiger partial charge in [0.1, 0.15) is 11.2 Å². The maximum absolute atomic E-state index is 6.81. The van der Waals surface area contributed by atoms with Gasteiger partial charge < -0.3 is 14.2 Å². The highest BCUT2D eigenvalue weighted by Gasteiger charge is 2.26. The molecule has 0 radical (unpaired) electrons. The van der Waals surface area contributed by atoms with E-state index in [4.69, 9.17) is 4.42 Å². The van der Waals surface area contributed by atoms with Gasteiger partial charge in [-0.15, -0.1) is 0 Å². The van der Waals surface area contributed by atoms with Gasteiger partial charge in [-0.2, -0.15) is 0 Å². The van der Waals surface area contributed by atoms with Crippen LogP contribution in [0.25, 0.3) is 55.0 Å². The van der Waals surface area contributed by atoms with Crippen LogP contribution in [0.4, 0.5) is 34.1 Å². The van der Waals surface area contributed by atoms with E-state index in [0.717, 1.165) is 78.1 Å². The van der Waals surface area contributed by atoms with Crippen molar-refractivity contribution in [2.45, 2.75) is 0 Å². The van der Waals surface area contributed by atoms with Crippen LogP contribution in [0.5, 0.6) is 0 Å². The fraction of sp³-hybridized carbons (Fsp3) is 0. The van der Waals surface area contributed by atoms with Crippen molar-refractivity contribution in [1.29, 1.82) is 0 Å². The van der Waals surface area contributed by atoms with Crippen LogP contribution < -0.4 is 9.80 Å². The van der Waals surface area contributed by atoms with E-state index in [9.17, 15) is 0 Å². The van der Waals surface area contributed by atoms with Gasteiger partial charge in [-0.3, -0.25) is 0 Å². The number of hydrogen-bond acceptors (Lipinski definition) is 3. The molecule has 0 atom stereocenters. The van der Waals surface area contributed by atoms with Crippen LogP contribution in [-0.2, 0) is 0 Å². The summed E-state index contributed by atoms with van der Waals surface area (Å²) in [7, 11) is 0. The number of nitrogens with zero attached hydrogens (tertiary/aromatic N) is 2. The van der Waals surface area contributed by atoms with E-state index in [1.165, 1.54) is 10.9 Å². The molecule has 260 valence electrons. The summed E-state index contributed by atoms with van der Waals surface area (Å²) in [5, 5.41) is 4.48. The predicted octanol–water partition coefficient (Wildman–Crippen LogP) is 15.0. The zero-order valence-electron chi connectivity index (χ0n) is 30.1. The summed E-state index contributed by atoms with van der Waals surface area (Å²) in [5.74, 6) is 0. The molecule has 1 aromatic heterocycles. The summed E-state index contributed by atoms with van der Waals surface area (Å²) >= 11 is 0. The van der Waals surface area contributed by atoms with E-state index in [1.807, 2.05) is 0 Å². The number of furan rings is 1. The second kappa shape index (κ2) is 13.9. The van der Waals surface area contributed by atoms with Gasteiger partial charge in [0.25, 0.3) is 0 Å². The Bertz CT molecular complexity index is 2920. The van der Waals surface area contributed by atoms with Gasteiger partial charge >= 0.3 is 0 Å². The molecule has 9 aromatic carbocycles. The number of hydrogen-bond donors (Lipinski definition) is 0. The maximum Gasteiger partial charge on any atom is 0.137 e. The molecule has 0 unspecified atom stereocenters. The van der Waals surface area contributed by atoms with Gasteiger partial charge in [0.15, 0.2) is 0 Å².